The summed E-state index contributed by atoms with van der Waals surface area (Å²) in [4.78, 5) is 12.8. The van der Waals surface area contributed by atoms with Crippen molar-refractivity contribution >= 4 is 32.0 Å². The second kappa shape index (κ2) is 9.75. The number of hydrogen-bond donors (Lipinski definition) is 2. The van der Waals surface area contributed by atoms with E-state index in [2.05, 4.69) is 0 Å². The SMILES string of the molecule is Cc1ccc(OS(C)(=O)=O)c(Cc2cc(F)c(N3C=C(O)NS3(=O)=O)c(OC(=O)c3ccccc3)c2)c1. The summed E-state index contributed by atoms with van der Waals surface area (Å²) in [5.41, 5.74) is 0.882. The maximum Gasteiger partial charge on any atom is 0.343 e. The quantitative estimate of drug-likeness (QED) is 0.261. The molecule has 0 atom stereocenters. The Hall–Kier alpha value is -4.10. The number of anilines is 1. The summed E-state index contributed by atoms with van der Waals surface area (Å²) < 4.78 is 76.5. The zero-order valence-corrected chi connectivity index (χ0v) is 21.1. The second-order valence-electron chi connectivity index (χ2n) is 8.17. The van der Waals surface area contributed by atoms with Gasteiger partial charge in [0.05, 0.1) is 18.0 Å². The minimum atomic E-state index is -4.42. The van der Waals surface area contributed by atoms with Crippen LogP contribution in [0.15, 0.2) is 72.7 Å². The maximum atomic E-state index is 15.5. The normalized spacial score (nSPS) is 14.6. The molecule has 0 saturated heterocycles. The van der Waals surface area contributed by atoms with E-state index < -0.39 is 49.4 Å². The molecule has 10 nitrogen and oxygen atoms in total. The van der Waals surface area contributed by atoms with Crippen molar-refractivity contribution in [1.29, 1.82) is 0 Å². The van der Waals surface area contributed by atoms with Gasteiger partial charge in [-0.05, 0) is 42.8 Å². The van der Waals surface area contributed by atoms with E-state index >= 15 is 4.39 Å². The Kier molecular flexibility index (Phi) is 6.84. The number of carbonyl (C=O) groups excluding carboxylic acids is 1. The number of rotatable bonds is 7. The van der Waals surface area contributed by atoms with E-state index in [0.29, 0.717) is 9.87 Å². The number of esters is 1. The first-order valence-corrected chi connectivity index (χ1v) is 13.9. The van der Waals surface area contributed by atoms with Gasteiger partial charge in [-0.25, -0.2) is 18.2 Å². The first-order valence-electron chi connectivity index (χ1n) is 10.6. The van der Waals surface area contributed by atoms with Crippen LogP contribution < -0.4 is 17.9 Å². The van der Waals surface area contributed by atoms with Gasteiger partial charge in [-0.1, -0.05) is 35.9 Å². The van der Waals surface area contributed by atoms with Gasteiger partial charge in [-0.2, -0.15) is 16.8 Å². The van der Waals surface area contributed by atoms with Gasteiger partial charge in [0.2, 0.25) is 5.88 Å². The molecule has 0 saturated carbocycles. The minimum absolute atomic E-state index is 0.0274. The van der Waals surface area contributed by atoms with Gasteiger partial charge in [0.25, 0.3) is 0 Å². The summed E-state index contributed by atoms with van der Waals surface area (Å²) in [5, 5.41) is 9.67. The number of hydrogen-bond acceptors (Lipinski definition) is 8. The Morgan fingerprint density at radius 3 is 2.41 bits per heavy atom. The molecule has 4 rings (SSSR count). The molecule has 0 amide bonds. The lowest BCUT2D eigenvalue weighted by Gasteiger charge is -2.20. The summed E-state index contributed by atoms with van der Waals surface area (Å²) in [6.45, 7) is 1.77. The van der Waals surface area contributed by atoms with Crippen LogP contribution in [-0.2, 0) is 26.7 Å². The van der Waals surface area contributed by atoms with Crippen molar-refractivity contribution in [3.05, 3.63) is 101 Å². The molecule has 3 aromatic rings. The smallest absolute Gasteiger partial charge is 0.343 e. The highest BCUT2D eigenvalue weighted by molar-refractivity contribution is 7.91. The number of carbonyl (C=O) groups is 1. The lowest BCUT2D eigenvalue weighted by Crippen LogP contribution is -2.30. The Bertz CT molecular complexity index is 1620. The fourth-order valence-electron chi connectivity index (χ4n) is 3.64. The van der Waals surface area contributed by atoms with E-state index in [0.717, 1.165) is 24.1 Å². The monoisotopic (exact) mass is 548 g/mol. The second-order valence-corrected chi connectivity index (χ2v) is 11.3. The van der Waals surface area contributed by atoms with Crippen molar-refractivity contribution in [2.75, 3.05) is 10.6 Å². The highest BCUT2D eigenvalue weighted by atomic mass is 32.2. The Morgan fingerprint density at radius 1 is 1.08 bits per heavy atom. The predicted molar refractivity (Wildman–Crippen MR) is 133 cm³/mol. The molecule has 0 unspecified atom stereocenters. The van der Waals surface area contributed by atoms with Crippen molar-refractivity contribution < 1.29 is 40.0 Å². The predicted octanol–water partition coefficient (Wildman–Crippen LogP) is 3.29. The molecule has 2 N–H and O–H groups in total. The van der Waals surface area contributed by atoms with Gasteiger partial charge in [0, 0.05) is 12.0 Å². The van der Waals surface area contributed by atoms with Gasteiger partial charge in [-0.3, -0.25) is 0 Å². The van der Waals surface area contributed by atoms with Crippen LogP contribution in [-0.4, -0.2) is 34.2 Å². The lowest BCUT2D eigenvalue weighted by molar-refractivity contribution is 0.0735. The molecule has 1 heterocycles. The molecule has 194 valence electrons. The minimum Gasteiger partial charge on any atom is -0.493 e. The molecular weight excluding hydrogens is 527 g/mol. The van der Waals surface area contributed by atoms with E-state index in [1.807, 2.05) is 0 Å². The number of halogens is 1. The average molecular weight is 549 g/mol. The third-order valence-electron chi connectivity index (χ3n) is 5.10. The standard InChI is InChI=1S/C24H21FN2O8S2/c1-15-8-9-20(35-36(2,30)31)18(10-15)11-16-12-19(25)23(27-14-22(28)26-37(27,32)33)21(13-16)34-24(29)17-6-4-3-5-7-17/h3-10,12-14,26,28H,11H2,1-2H3. The fourth-order valence-corrected chi connectivity index (χ4v) is 5.20. The molecule has 0 radical (unpaired) electrons. The zero-order chi connectivity index (χ0) is 27.0. The number of aryl methyl sites for hydroxylation is 1. The third-order valence-corrected chi connectivity index (χ3v) is 6.86. The van der Waals surface area contributed by atoms with E-state index in [-0.39, 0.29) is 23.3 Å². The van der Waals surface area contributed by atoms with Crippen molar-refractivity contribution in [3.63, 3.8) is 0 Å². The largest absolute Gasteiger partial charge is 0.493 e. The van der Waals surface area contributed by atoms with Crippen LogP contribution in [0.25, 0.3) is 0 Å². The highest BCUT2D eigenvalue weighted by Crippen LogP contribution is 2.38. The van der Waals surface area contributed by atoms with Crippen LogP contribution >= 0.6 is 0 Å². The average Bonchev–Trinajstić information content (AvgIpc) is 3.06. The topological polar surface area (TPSA) is 139 Å². The summed E-state index contributed by atoms with van der Waals surface area (Å²) in [7, 11) is -8.27. The molecule has 0 fully saturated rings. The van der Waals surface area contributed by atoms with Crippen molar-refractivity contribution in [2.24, 2.45) is 0 Å². The number of nitrogens with one attached hydrogen (secondary N) is 1. The van der Waals surface area contributed by atoms with E-state index in [4.69, 9.17) is 8.92 Å². The van der Waals surface area contributed by atoms with Crippen LogP contribution in [0.5, 0.6) is 11.5 Å². The number of benzene rings is 3. The molecule has 3 aromatic carbocycles. The molecule has 0 aromatic heterocycles. The van der Waals surface area contributed by atoms with E-state index in [9.17, 15) is 26.7 Å². The molecular formula is C24H21FN2O8S2. The van der Waals surface area contributed by atoms with Crippen molar-refractivity contribution in [2.45, 2.75) is 13.3 Å². The van der Waals surface area contributed by atoms with Crippen molar-refractivity contribution in [1.82, 2.24) is 4.72 Å². The van der Waals surface area contributed by atoms with Crippen LogP contribution in [0, 0.1) is 12.7 Å². The zero-order valence-electron chi connectivity index (χ0n) is 19.5. The molecule has 0 spiro atoms. The number of ether oxygens (including phenoxy) is 1. The Morgan fingerprint density at radius 2 is 1.78 bits per heavy atom. The maximum absolute atomic E-state index is 15.5. The number of nitrogens with zero attached hydrogens (tertiary/aromatic N) is 1. The van der Waals surface area contributed by atoms with Gasteiger partial charge < -0.3 is 14.0 Å². The van der Waals surface area contributed by atoms with E-state index in [1.54, 1.807) is 42.0 Å². The van der Waals surface area contributed by atoms with Gasteiger partial charge in [0.1, 0.15) is 11.4 Å². The van der Waals surface area contributed by atoms with Crippen LogP contribution in [0.2, 0.25) is 0 Å². The summed E-state index contributed by atoms with van der Waals surface area (Å²) in [5.74, 6) is -3.14. The molecule has 1 aliphatic rings. The Labute approximate surface area is 212 Å². The fraction of sp³-hybridized carbons (Fsp3) is 0.125. The number of aliphatic hydroxyl groups is 1. The highest BCUT2D eigenvalue weighted by Gasteiger charge is 2.34. The molecule has 0 bridgehead atoms. The van der Waals surface area contributed by atoms with Gasteiger partial charge in [0.15, 0.2) is 11.6 Å². The summed E-state index contributed by atoms with van der Waals surface area (Å²) in [6.07, 6.45) is 1.57. The summed E-state index contributed by atoms with van der Waals surface area (Å²) in [6, 6.07) is 14.8. The lowest BCUT2D eigenvalue weighted by atomic mass is 10.0. The van der Waals surface area contributed by atoms with Crippen molar-refractivity contribution in [3.8, 4) is 11.5 Å². The van der Waals surface area contributed by atoms with Crippen LogP contribution in [0.1, 0.15) is 27.0 Å². The summed E-state index contributed by atoms with van der Waals surface area (Å²) >= 11 is 0. The van der Waals surface area contributed by atoms with Gasteiger partial charge >= 0.3 is 26.3 Å². The number of aliphatic hydroxyl groups excluding tert-OH is 1. The molecule has 37 heavy (non-hydrogen) atoms. The first-order chi connectivity index (χ1) is 17.3. The molecule has 0 aliphatic carbocycles. The van der Waals surface area contributed by atoms with Crippen LogP contribution in [0.4, 0.5) is 10.1 Å². The van der Waals surface area contributed by atoms with Gasteiger partial charge in [-0.15, -0.1) is 0 Å². The third kappa shape index (κ3) is 6.01. The first kappa shape index (κ1) is 26.0. The Balaban J connectivity index is 1.81. The van der Waals surface area contributed by atoms with Crippen LogP contribution in [0.3, 0.4) is 0 Å². The molecule has 13 heteroatoms. The van der Waals surface area contributed by atoms with E-state index in [1.165, 1.54) is 24.3 Å². The molecule has 1 aliphatic heterocycles.